The first-order chi connectivity index (χ1) is 11.9. The SMILES string of the molecule is COCC(=O)N[C@H]1C[C@@H](Cc2cc(-c3ccc(F)cc3)on2)C1(C)C. The van der Waals surface area contributed by atoms with Gasteiger partial charge in [0.25, 0.3) is 0 Å². The fraction of sp³-hybridized carbons (Fsp3) is 0.474. The Labute approximate surface area is 146 Å². The molecular weight excluding hydrogens is 323 g/mol. The molecule has 1 aliphatic carbocycles. The van der Waals surface area contributed by atoms with Gasteiger partial charge < -0.3 is 14.6 Å². The molecule has 1 amide bonds. The van der Waals surface area contributed by atoms with E-state index in [2.05, 4.69) is 24.3 Å². The first-order valence-electron chi connectivity index (χ1n) is 8.40. The molecule has 0 bridgehead atoms. The monoisotopic (exact) mass is 346 g/mol. The third-order valence-electron chi connectivity index (χ3n) is 5.22. The van der Waals surface area contributed by atoms with E-state index in [1.54, 1.807) is 12.1 Å². The number of halogens is 1. The van der Waals surface area contributed by atoms with Crippen LogP contribution in [0.2, 0.25) is 0 Å². The summed E-state index contributed by atoms with van der Waals surface area (Å²) in [6.45, 7) is 4.39. The Bertz CT molecular complexity index is 739. The van der Waals surface area contributed by atoms with Crippen molar-refractivity contribution in [3.8, 4) is 11.3 Å². The van der Waals surface area contributed by atoms with Gasteiger partial charge in [-0.15, -0.1) is 0 Å². The van der Waals surface area contributed by atoms with Crippen LogP contribution in [0.25, 0.3) is 11.3 Å². The summed E-state index contributed by atoms with van der Waals surface area (Å²) in [6.07, 6.45) is 1.69. The van der Waals surface area contributed by atoms with Crippen molar-refractivity contribution in [1.82, 2.24) is 10.5 Å². The molecule has 0 unspecified atom stereocenters. The average molecular weight is 346 g/mol. The van der Waals surface area contributed by atoms with Crippen LogP contribution < -0.4 is 5.32 Å². The van der Waals surface area contributed by atoms with Crippen LogP contribution in [0.1, 0.15) is 26.0 Å². The molecule has 25 heavy (non-hydrogen) atoms. The number of ether oxygens (including phenoxy) is 1. The number of nitrogens with zero attached hydrogens (tertiary/aromatic N) is 1. The molecule has 0 saturated heterocycles. The lowest BCUT2D eigenvalue weighted by Crippen LogP contribution is -2.59. The molecule has 6 heteroatoms. The van der Waals surface area contributed by atoms with Crippen molar-refractivity contribution in [2.75, 3.05) is 13.7 Å². The van der Waals surface area contributed by atoms with E-state index >= 15 is 0 Å². The van der Waals surface area contributed by atoms with Gasteiger partial charge in [-0.1, -0.05) is 19.0 Å². The number of benzene rings is 1. The van der Waals surface area contributed by atoms with Crippen LogP contribution in [0.3, 0.4) is 0 Å². The molecule has 3 rings (SSSR count). The average Bonchev–Trinajstić information content (AvgIpc) is 3.03. The number of nitrogens with one attached hydrogen (secondary N) is 1. The second-order valence-corrected chi connectivity index (χ2v) is 7.20. The molecule has 1 aliphatic rings. The summed E-state index contributed by atoms with van der Waals surface area (Å²) < 4.78 is 23.3. The highest BCUT2D eigenvalue weighted by Gasteiger charge is 2.48. The number of carbonyl (C=O) groups is 1. The summed E-state index contributed by atoms with van der Waals surface area (Å²) in [5, 5.41) is 7.16. The smallest absolute Gasteiger partial charge is 0.246 e. The van der Waals surface area contributed by atoms with Crippen molar-refractivity contribution in [3.05, 3.63) is 41.8 Å². The molecule has 0 radical (unpaired) electrons. The maximum absolute atomic E-state index is 13.0. The molecule has 0 spiro atoms. The lowest BCUT2D eigenvalue weighted by molar-refractivity contribution is -0.129. The normalized spacial score (nSPS) is 21.6. The Morgan fingerprint density at radius 2 is 2.12 bits per heavy atom. The second kappa shape index (κ2) is 6.96. The van der Waals surface area contributed by atoms with Crippen LogP contribution in [-0.2, 0) is 16.0 Å². The van der Waals surface area contributed by atoms with Crippen molar-refractivity contribution in [2.45, 2.75) is 32.7 Å². The molecular formula is C19H23FN2O3. The van der Waals surface area contributed by atoms with Crippen LogP contribution in [0.15, 0.2) is 34.9 Å². The zero-order valence-corrected chi connectivity index (χ0v) is 14.7. The van der Waals surface area contributed by atoms with Crippen molar-refractivity contribution in [3.63, 3.8) is 0 Å². The first kappa shape index (κ1) is 17.6. The summed E-state index contributed by atoms with van der Waals surface area (Å²) in [4.78, 5) is 11.7. The van der Waals surface area contributed by atoms with E-state index in [0.717, 1.165) is 24.1 Å². The third kappa shape index (κ3) is 3.74. The van der Waals surface area contributed by atoms with E-state index in [-0.39, 0.29) is 29.8 Å². The van der Waals surface area contributed by atoms with E-state index < -0.39 is 0 Å². The van der Waals surface area contributed by atoms with Gasteiger partial charge in [0.2, 0.25) is 5.91 Å². The standard InChI is InChI=1S/C19H23FN2O3/c1-19(2)13(9-17(19)21-18(23)11-24-3)8-15-10-16(25-22-15)12-4-6-14(20)7-5-12/h4-7,10,13,17H,8-9,11H2,1-3H3,(H,21,23)/t13-,17+/m1/s1. The van der Waals surface area contributed by atoms with Crippen LogP contribution >= 0.6 is 0 Å². The molecule has 1 N–H and O–H groups in total. The number of rotatable bonds is 6. The fourth-order valence-corrected chi connectivity index (χ4v) is 3.39. The van der Waals surface area contributed by atoms with E-state index in [9.17, 15) is 9.18 Å². The van der Waals surface area contributed by atoms with E-state index in [4.69, 9.17) is 9.26 Å². The fourth-order valence-electron chi connectivity index (χ4n) is 3.39. The highest BCUT2D eigenvalue weighted by atomic mass is 19.1. The maximum Gasteiger partial charge on any atom is 0.246 e. The Kier molecular flexibility index (Phi) is 4.90. The number of amides is 1. The van der Waals surface area contributed by atoms with Crippen LogP contribution in [0.5, 0.6) is 0 Å². The minimum Gasteiger partial charge on any atom is -0.375 e. The Morgan fingerprint density at radius 1 is 1.40 bits per heavy atom. The van der Waals surface area contributed by atoms with Gasteiger partial charge >= 0.3 is 0 Å². The van der Waals surface area contributed by atoms with Gasteiger partial charge in [-0.05, 0) is 48.4 Å². The summed E-state index contributed by atoms with van der Waals surface area (Å²) in [5.74, 6) is 0.684. The zero-order chi connectivity index (χ0) is 18.0. The molecule has 2 aromatic rings. The van der Waals surface area contributed by atoms with Crippen molar-refractivity contribution >= 4 is 5.91 Å². The lowest BCUT2D eigenvalue weighted by atomic mass is 9.57. The Balaban J connectivity index is 1.60. The molecule has 134 valence electrons. The molecule has 5 nitrogen and oxygen atoms in total. The van der Waals surface area contributed by atoms with E-state index in [0.29, 0.717) is 11.7 Å². The van der Waals surface area contributed by atoms with Crippen LogP contribution in [-0.4, -0.2) is 30.8 Å². The van der Waals surface area contributed by atoms with Gasteiger partial charge in [0.15, 0.2) is 5.76 Å². The summed E-state index contributed by atoms with van der Waals surface area (Å²) >= 11 is 0. The van der Waals surface area contributed by atoms with Gasteiger partial charge in [0.1, 0.15) is 12.4 Å². The van der Waals surface area contributed by atoms with Crippen LogP contribution in [0, 0.1) is 17.2 Å². The lowest BCUT2D eigenvalue weighted by Gasteiger charge is -2.52. The van der Waals surface area contributed by atoms with E-state index in [1.807, 2.05) is 6.07 Å². The first-order valence-corrected chi connectivity index (χ1v) is 8.40. The van der Waals surface area contributed by atoms with Gasteiger partial charge in [0, 0.05) is 24.8 Å². The summed E-state index contributed by atoms with van der Waals surface area (Å²) in [6, 6.07) is 8.20. The highest BCUT2D eigenvalue weighted by molar-refractivity contribution is 5.77. The largest absolute Gasteiger partial charge is 0.375 e. The zero-order valence-electron chi connectivity index (χ0n) is 14.7. The van der Waals surface area contributed by atoms with Gasteiger partial charge in [-0.2, -0.15) is 0 Å². The molecule has 2 atom stereocenters. The molecule has 1 saturated carbocycles. The molecule has 1 fully saturated rings. The van der Waals surface area contributed by atoms with Crippen molar-refractivity contribution < 1.29 is 18.4 Å². The molecule has 0 aliphatic heterocycles. The Morgan fingerprint density at radius 3 is 2.76 bits per heavy atom. The van der Waals surface area contributed by atoms with Crippen LogP contribution in [0.4, 0.5) is 4.39 Å². The summed E-state index contributed by atoms with van der Waals surface area (Å²) in [7, 11) is 1.51. The minimum atomic E-state index is -0.277. The number of carbonyl (C=O) groups excluding carboxylic acids is 1. The minimum absolute atomic E-state index is 0.0155. The topological polar surface area (TPSA) is 64.4 Å². The van der Waals surface area contributed by atoms with Crippen molar-refractivity contribution in [1.29, 1.82) is 0 Å². The number of hydrogen-bond donors (Lipinski definition) is 1. The molecule has 1 aromatic carbocycles. The predicted molar refractivity (Wildman–Crippen MR) is 91.3 cm³/mol. The van der Waals surface area contributed by atoms with E-state index in [1.165, 1.54) is 19.2 Å². The van der Waals surface area contributed by atoms with Gasteiger partial charge in [-0.25, -0.2) is 4.39 Å². The molecule has 1 aromatic heterocycles. The number of methoxy groups -OCH3 is 1. The van der Waals surface area contributed by atoms with Gasteiger partial charge in [0.05, 0.1) is 5.69 Å². The number of aromatic nitrogens is 1. The summed E-state index contributed by atoms with van der Waals surface area (Å²) in [5.41, 5.74) is 1.66. The maximum atomic E-state index is 13.0. The third-order valence-corrected chi connectivity index (χ3v) is 5.22. The second-order valence-electron chi connectivity index (χ2n) is 7.20. The van der Waals surface area contributed by atoms with Crippen molar-refractivity contribution in [2.24, 2.45) is 11.3 Å². The van der Waals surface area contributed by atoms with Gasteiger partial charge in [-0.3, -0.25) is 4.79 Å². The number of hydrogen-bond acceptors (Lipinski definition) is 4. The highest BCUT2D eigenvalue weighted by Crippen LogP contribution is 2.47. The predicted octanol–water partition coefficient (Wildman–Crippen LogP) is 3.20. The quantitative estimate of drug-likeness (QED) is 0.872. The molecule has 1 heterocycles. The Hall–Kier alpha value is -2.21.